The van der Waals surface area contributed by atoms with Crippen molar-refractivity contribution in [2.45, 2.75) is 32.0 Å². The highest BCUT2D eigenvalue weighted by molar-refractivity contribution is 6.43. The lowest BCUT2D eigenvalue weighted by atomic mass is 10.2. The van der Waals surface area contributed by atoms with Crippen molar-refractivity contribution in [3.63, 3.8) is 0 Å². The van der Waals surface area contributed by atoms with Crippen LogP contribution in [0.3, 0.4) is 0 Å². The number of unbranched alkanes of at least 4 members (excludes halogenated alkanes) is 1. The first kappa shape index (κ1) is 30.1. The molecule has 1 aromatic heterocycles. The summed E-state index contributed by atoms with van der Waals surface area (Å²) in [6, 6.07) is 15.0. The summed E-state index contributed by atoms with van der Waals surface area (Å²) in [7, 11) is 1.63. The average molecular weight is 607 g/mol. The molecule has 2 aliphatic heterocycles. The molecule has 5 rings (SSSR count). The van der Waals surface area contributed by atoms with Crippen molar-refractivity contribution in [1.82, 2.24) is 9.47 Å². The van der Waals surface area contributed by atoms with E-state index in [9.17, 15) is 4.79 Å². The maximum atomic E-state index is 12.6. The largest absolute Gasteiger partial charge is 0.494 e. The highest BCUT2D eigenvalue weighted by Crippen LogP contribution is 2.33. The second-order valence-electron chi connectivity index (χ2n) is 10.2. The Balaban J connectivity index is 1.04. The number of fused-ring (bicyclic) bond motifs is 1. The Bertz CT molecular complexity index is 1350. The number of hydrogen-bond donors (Lipinski definition) is 0. The minimum atomic E-state index is -0.378. The summed E-state index contributed by atoms with van der Waals surface area (Å²) in [5.74, 6) is 0.732. The number of ether oxygens (including phenoxy) is 5. The number of pyridine rings is 1. The second kappa shape index (κ2) is 14.7. The molecule has 2 atom stereocenters. The first-order chi connectivity index (χ1) is 20.0. The standard InChI is InChI=1S/C30H37Cl2N3O6/c1-37-17-18-38-20-27-30(41-27)40-21-35-26-19-23(9-7-22(26)8-10-28(35)36)39-16-3-2-11-33-12-14-34(15-13-33)25-6-4-5-24(31)29(25)32/h4-10,19,27,30H,2-3,11-18,20-21H2,1H3. The molecule has 0 saturated carbocycles. The monoisotopic (exact) mass is 605 g/mol. The van der Waals surface area contributed by atoms with Crippen LogP contribution in [0, 0.1) is 0 Å². The number of aromatic nitrogens is 1. The molecule has 0 spiro atoms. The molecule has 3 aromatic rings. The van der Waals surface area contributed by atoms with Gasteiger partial charge in [0.2, 0.25) is 0 Å². The molecule has 3 heterocycles. The van der Waals surface area contributed by atoms with Gasteiger partial charge in [0.05, 0.1) is 47.7 Å². The van der Waals surface area contributed by atoms with Crippen LogP contribution < -0.4 is 15.2 Å². The van der Waals surface area contributed by atoms with Crippen molar-refractivity contribution in [3.8, 4) is 5.75 Å². The molecule has 11 heteroatoms. The van der Waals surface area contributed by atoms with Crippen LogP contribution in [-0.2, 0) is 25.7 Å². The molecule has 0 aliphatic carbocycles. The Hall–Kier alpha value is -2.37. The Labute approximate surface area is 250 Å². The molecule has 0 radical (unpaired) electrons. The summed E-state index contributed by atoms with van der Waals surface area (Å²) in [6.07, 6.45) is 1.48. The summed E-state index contributed by atoms with van der Waals surface area (Å²) in [5, 5.41) is 2.16. The molecular formula is C30H37Cl2N3O6. The number of anilines is 1. The van der Waals surface area contributed by atoms with E-state index in [0.29, 0.717) is 36.5 Å². The van der Waals surface area contributed by atoms with Crippen LogP contribution in [0.4, 0.5) is 5.69 Å². The summed E-state index contributed by atoms with van der Waals surface area (Å²) < 4.78 is 29.4. The number of nitrogens with zero attached hydrogens (tertiary/aromatic N) is 3. The van der Waals surface area contributed by atoms with Crippen LogP contribution >= 0.6 is 23.2 Å². The summed E-state index contributed by atoms with van der Waals surface area (Å²) in [4.78, 5) is 17.4. The van der Waals surface area contributed by atoms with E-state index in [1.165, 1.54) is 0 Å². The number of halogens is 2. The van der Waals surface area contributed by atoms with Crippen molar-refractivity contribution >= 4 is 39.8 Å². The summed E-state index contributed by atoms with van der Waals surface area (Å²) in [5.41, 5.74) is 1.63. The van der Waals surface area contributed by atoms with Gasteiger partial charge in [0.1, 0.15) is 18.6 Å². The first-order valence-corrected chi connectivity index (χ1v) is 14.8. The number of piperazine rings is 1. The van der Waals surface area contributed by atoms with Crippen LogP contribution in [0.25, 0.3) is 10.9 Å². The van der Waals surface area contributed by atoms with Gasteiger partial charge in [0.15, 0.2) is 6.29 Å². The van der Waals surface area contributed by atoms with E-state index >= 15 is 0 Å². The SMILES string of the molecule is COCCOCC1OC1OCn1c(=O)ccc2ccc(OCCCCN3CCN(c4cccc(Cl)c4Cl)CC3)cc21. The van der Waals surface area contributed by atoms with E-state index in [1.807, 2.05) is 42.5 Å². The Morgan fingerprint density at radius 3 is 2.63 bits per heavy atom. The fraction of sp³-hybridized carbons (Fsp3) is 0.500. The number of epoxide rings is 1. The maximum absolute atomic E-state index is 12.6. The van der Waals surface area contributed by atoms with Gasteiger partial charge >= 0.3 is 0 Å². The number of hydrogen-bond acceptors (Lipinski definition) is 8. The predicted molar refractivity (Wildman–Crippen MR) is 160 cm³/mol. The second-order valence-corrected chi connectivity index (χ2v) is 11.0. The van der Waals surface area contributed by atoms with Crippen LogP contribution in [0.5, 0.6) is 5.75 Å². The van der Waals surface area contributed by atoms with Gasteiger partial charge in [-0.1, -0.05) is 29.3 Å². The highest BCUT2D eigenvalue weighted by Gasteiger charge is 2.40. The van der Waals surface area contributed by atoms with Crippen molar-refractivity contribution in [2.24, 2.45) is 0 Å². The lowest BCUT2D eigenvalue weighted by molar-refractivity contribution is 0.00707. The quantitative estimate of drug-likeness (QED) is 0.183. The van der Waals surface area contributed by atoms with Gasteiger partial charge in [-0.15, -0.1) is 0 Å². The normalized spacial score (nSPS) is 19.1. The van der Waals surface area contributed by atoms with E-state index in [1.54, 1.807) is 17.7 Å². The molecule has 222 valence electrons. The first-order valence-electron chi connectivity index (χ1n) is 14.0. The zero-order chi connectivity index (χ0) is 28.6. The zero-order valence-corrected chi connectivity index (χ0v) is 24.8. The van der Waals surface area contributed by atoms with Crippen LogP contribution in [-0.4, -0.2) is 88.1 Å². The topological polar surface area (TPSA) is 77.9 Å². The van der Waals surface area contributed by atoms with Crippen molar-refractivity contribution < 1.29 is 23.7 Å². The molecule has 9 nitrogen and oxygen atoms in total. The number of methoxy groups -OCH3 is 1. The molecule has 2 aromatic carbocycles. The zero-order valence-electron chi connectivity index (χ0n) is 23.3. The summed E-state index contributed by atoms with van der Waals surface area (Å²) >= 11 is 12.6. The van der Waals surface area contributed by atoms with Gasteiger partial charge in [-0.05, 0) is 55.1 Å². The average Bonchev–Trinajstić information content (AvgIpc) is 3.74. The molecule has 0 bridgehead atoms. The smallest absolute Gasteiger partial charge is 0.252 e. The lowest BCUT2D eigenvalue weighted by Crippen LogP contribution is -2.46. The van der Waals surface area contributed by atoms with E-state index < -0.39 is 0 Å². The van der Waals surface area contributed by atoms with E-state index in [2.05, 4.69) is 9.80 Å². The molecule has 2 fully saturated rings. The predicted octanol–water partition coefficient (Wildman–Crippen LogP) is 4.65. The van der Waals surface area contributed by atoms with Crippen LogP contribution in [0.2, 0.25) is 10.0 Å². The Kier molecular flexibility index (Phi) is 10.8. The molecule has 0 amide bonds. The van der Waals surface area contributed by atoms with E-state index in [-0.39, 0.29) is 24.7 Å². The van der Waals surface area contributed by atoms with Crippen molar-refractivity contribution in [1.29, 1.82) is 0 Å². The minimum absolute atomic E-state index is 0.0929. The van der Waals surface area contributed by atoms with E-state index in [4.69, 9.17) is 46.9 Å². The molecule has 0 N–H and O–H groups in total. The maximum Gasteiger partial charge on any atom is 0.252 e. The van der Waals surface area contributed by atoms with Crippen LogP contribution in [0.15, 0.2) is 53.3 Å². The van der Waals surface area contributed by atoms with Gasteiger partial charge in [0.25, 0.3) is 5.56 Å². The molecule has 41 heavy (non-hydrogen) atoms. The van der Waals surface area contributed by atoms with Gasteiger partial charge in [0, 0.05) is 45.4 Å². The summed E-state index contributed by atoms with van der Waals surface area (Å²) in [6.45, 7) is 7.03. The third-order valence-corrected chi connectivity index (χ3v) is 8.17. The Morgan fingerprint density at radius 2 is 1.80 bits per heavy atom. The molecule has 2 unspecified atom stereocenters. The van der Waals surface area contributed by atoms with Gasteiger partial charge in [-0.2, -0.15) is 0 Å². The Morgan fingerprint density at radius 1 is 0.976 bits per heavy atom. The highest BCUT2D eigenvalue weighted by atomic mass is 35.5. The minimum Gasteiger partial charge on any atom is -0.494 e. The molecular weight excluding hydrogens is 569 g/mol. The van der Waals surface area contributed by atoms with Crippen molar-refractivity contribution in [3.05, 3.63) is 68.9 Å². The number of rotatable bonds is 15. The van der Waals surface area contributed by atoms with Gasteiger partial charge in [-0.3, -0.25) is 14.3 Å². The van der Waals surface area contributed by atoms with E-state index in [0.717, 1.165) is 67.9 Å². The van der Waals surface area contributed by atoms with Crippen LogP contribution in [0.1, 0.15) is 12.8 Å². The van der Waals surface area contributed by atoms with Crippen molar-refractivity contribution in [2.75, 3.05) is 71.2 Å². The fourth-order valence-electron chi connectivity index (χ4n) is 4.95. The third kappa shape index (κ3) is 8.14. The fourth-order valence-corrected chi connectivity index (χ4v) is 5.36. The lowest BCUT2D eigenvalue weighted by Gasteiger charge is -2.36. The van der Waals surface area contributed by atoms with Gasteiger partial charge < -0.3 is 28.6 Å². The number of benzene rings is 2. The molecule has 2 saturated heterocycles. The molecule has 2 aliphatic rings. The van der Waals surface area contributed by atoms with Gasteiger partial charge in [-0.25, -0.2) is 0 Å². The third-order valence-electron chi connectivity index (χ3n) is 7.36.